The highest BCUT2D eigenvalue weighted by Crippen LogP contribution is 2.12. The molecule has 6 nitrogen and oxygen atoms in total. The Morgan fingerprint density at radius 3 is 1.17 bits per heavy atom. The molecule has 0 spiro atoms. The lowest BCUT2D eigenvalue weighted by atomic mass is 10.1. The number of ether oxygens (including phenoxy) is 3. The number of rotatable bonds is 38. The van der Waals surface area contributed by atoms with Crippen LogP contribution in [0.3, 0.4) is 0 Å². The van der Waals surface area contributed by atoms with Gasteiger partial charge in [0.1, 0.15) is 13.2 Å². The van der Waals surface area contributed by atoms with E-state index in [1.807, 2.05) is 0 Å². The zero-order valence-electron chi connectivity index (χ0n) is 34.1. The smallest absolute Gasteiger partial charge is 0.306 e. The topological polar surface area (TPSA) is 78.9 Å². The number of carbonyl (C=O) groups excluding carboxylic acids is 3. The van der Waals surface area contributed by atoms with Crippen LogP contribution < -0.4 is 0 Å². The quantitative estimate of drug-likeness (QED) is 0.0207. The highest BCUT2D eigenvalue weighted by molar-refractivity contribution is 5.71. The summed E-state index contributed by atoms with van der Waals surface area (Å²) in [6, 6.07) is 0. The molecule has 300 valence electrons. The van der Waals surface area contributed by atoms with Crippen LogP contribution in [0.5, 0.6) is 0 Å². The first-order valence-corrected chi connectivity index (χ1v) is 21.7. The molecule has 0 fully saturated rings. The Hall–Kier alpha value is -2.63. The fourth-order valence-corrected chi connectivity index (χ4v) is 5.69. The molecule has 1 atom stereocenters. The molecule has 0 aliphatic rings. The second kappa shape index (κ2) is 41.1. The maximum Gasteiger partial charge on any atom is 0.306 e. The summed E-state index contributed by atoms with van der Waals surface area (Å²) in [4.78, 5) is 37.6. The summed E-state index contributed by atoms with van der Waals surface area (Å²) in [5, 5.41) is 0. The van der Waals surface area contributed by atoms with Gasteiger partial charge in [-0.25, -0.2) is 0 Å². The van der Waals surface area contributed by atoms with Crippen molar-refractivity contribution in [3.63, 3.8) is 0 Å². The van der Waals surface area contributed by atoms with Gasteiger partial charge in [-0.1, -0.05) is 153 Å². The van der Waals surface area contributed by atoms with E-state index in [-0.39, 0.29) is 31.1 Å². The van der Waals surface area contributed by atoms with Crippen LogP contribution in [0.25, 0.3) is 0 Å². The van der Waals surface area contributed by atoms with Crippen LogP contribution in [-0.4, -0.2) is 37.2 Å². The molecule has 0 aromatic carbocycles. The maximum atomic E-state index is 12.7. The average Bonchev–Trinajstić information content (AvgIpc) is 3.14. The molecule has 0 bridgehead atoms. The van der Waals surface area contributed by atoms with Crippen LogP contribution in [-0.2, 0) is 28.6 Å². The van der Waals surface area contributed by atoms with E-state index in [4.69, 9.17) is 14.2 Å². The lowest BCUT2D eigenvalue weighted by molar-refractivity contribution is -0.167. The van der Waals surface area contributed by atoms with Crippen LogP contribution in [0, 0.1) is 0 Å². The number of carbonyl (C=O) groups is 3. The van der Waals surface area contributed by atoms with E-state index in [2.05, 4.69) is 69.4 Å². The third-order valence-corrected chi connectivity index (χ3v) is 9.05. The van der Waals surface area contributed by atoms with Crippen molar-refractivity contribution >= 4 is 17.9 Å². The Bertz CT molecular complexity index is 933. The highest BCUT2D eigenvalue weighted by atomic mass is 16.6. The summed E-state index contributed by atoms with van der Waals surface area (Å²) >= 11 is 0. The minimum absolute atomic E-state index is 0.0914. The van der Waals surface area contributed by atoms with Crippen molar-refractivity contribution in [3.8, 4) is 0 Å². The van der Waals surface area contributed by atoms with E-state index >= 15 is 0 Å². The van der Waals surface area contributed by atoms with Gasteiger partial charge in [-0.3, -0.25) is 14.4 Å². The van der Waals surface area contributed by atoms with Gasteiger partial charge in [-0.05, 0) is 83.5 Å². The summed E-state index contributed by atoms with van der Waals surface area (Å²) in [5.74, 6) is -0.943. The van der Waals surface area contributed by atoms with Crippen LogP contribution in [0.15, 0.2) is 48.6 Å². The third kappa shape index (κ3) is 38.6. The zero-order chi connectivity index (χ0) is 38.0. The van der Waals surface area contributed by atoms with Crippen LogP contribution in [0.1, 0.15) is 207 Å². The number of unbranched alkanes of at least 4 members (excludes halogenated alkanes) is 20. The standard InChI is InChI=1S/C46H80O6/c1-4-7-10-13-16-19-22-25-27-30-33-36-39-45(48)51-42-43(52-46(49)40-37-34-31-28-24-21-18-15-12-9-6-3)41-50-44(47)38-35-32-29-26-23-20-17-14-11-8-5-2/h14-19,21,24,43H,4-13,20,22-23,25-42H2,1-3H3/b17-14-,18-15-,19-16-,24-21-. The summed E-state index contributed by atoms with van der Waals surface area (Å²) in [6.07, 6.45) is 46.6. The van der Waals surface area contributed by atoms with Gasteiger partial charge in [0, 0.05) is 19.3 Å². The lowest BCUT2D eigenvalue weighted by Crippen LogP contribution is -2.30. The van der Waals surface area contributed by atoms with Gasteiger partial charge in [0.15, 0.2) is 6.10 Å². The number of esters is 3. The van der Waals surface area contributed by atoms with Crippen molar-refractivity contribution in [2.24, 2.45) is 0 Å². The molecule has 0 N–H and O–H groups in total. The van der Waals surface area contributed by atoms with E-state index in [9.17, 15) is 14.4 Å². The van der Waals surface area contributed by atoms with E-state index in [1.54, 1.807) is 0 Å². The second-order valence-corrected chi connectivity index (χ2v) is 14.3. The molecule has 0 aromatic rings. The highest BCUT2D eigenvalue weighted by Gasteiger charge is 2.19. The summed E-state index contributed by atoms with van der Waals surface area (Å²) < 4.78 is 16.6. The first kappa shape index (κ1) is 49.4. The Balaban J connectivity index is 4.44. The molecule has 0 rings (SSSR count). The minimum Gasteiger partial charge on any atom is -0.462 e. The van der Waals surface area contributed by atoms with Gasteiger partial charge in [0.25, 0.3) is 0 Å². The van der Waals surface area contributed by atoms with Gasteiger partial charge in [-0.15, -0.1) is 0 Å². The molecule has 0 aliphatic carbocycles. The van der Waals surface area contributed by atoms with Gasteiger partial charge >= 0.3 is 17.9 Å². The van der Waals surface area contributed by atoms with Crippen LogP contribution >= 0.6 is 0 Å². The fraction of sp³-hybridized carbons (Fsp3) is 0.761. The van der Waals surface area contributed by atoms with Gasteiger partial charge in [-0.2, -0.15) is 0 Å². The van der Waals surface area contributed by atoms with E-state index in [1.165, 1.54) is 83.5 Å². The number of allylic oxidation sites excluding steroid dienone is 8. The molecular weight excluding hydrogens is 648 g/mol. The van der Waals surface area contributed by atoms with E-state index in [0.29, 0.717) is 19.3 Å². The average molecular weight is 729 g/mol. The summed E-state index contributed by atoms with van der Waals surface area (Å²) in [7, 11) is 0. The Kier molecular flexibility index (Phi) is 39.1. The van der Waals surface area contributed by atoms with Gasteiger partial charge in [0.2, 0.25) is 0 Å². The molecule has 0 aromatic heterocycles. The van der Waals surface area contributed by atoms with Crippen molar-refractivity contribution in [3.05, 3.63) is 48.6 Å². The molecule has 52 heavy (non-hydrogen) atoms. The van der Waals surface area contributed by atoms with Crippen molar-refractivity contribution in [1.82, 2.24) is 0 Å². The minimum atomic E-state index is -0.789. The molecule has 0 amide bonds. The molecule has 6 heteroatoms. The predicted octanol–water partition coefficient (Wildman–Crippen LogP) is 13.6. The number of hydrogen-bond acceptors (Lipinski definition) is 6. The first-order valence-electron chi connectivity index (χ1n) is 21.7. The van der Waals surface area contributed by atoms with Crippen molar-refractivity contribution < 1.29 is 28.6 Å². The Morgan fingerprint density at radius 2 is 0.712 bits per heavy atom. The lowest BCUT2D eigenvalue weighted by Gasteiger charge is -2.18. The zero-order valence-corrected chi connectivity index (χ0v) is 34.1. The van der Waals surface area contributed by atoms with Gasteiger partial charge in [0.05, 0.1) is 0 Å². The fourth-order valence-electron chi connectivity index (χ4n) is 5.69. The molecule has 1 unspecified atom stereocenters. The Labute approximate surface area is 320 Å². The third-order valence-electron chi connectivity index (χ3n) is 9.05. The van der Waals surface area contributed by atoms with Crippen LogP contribution in [0.4, 0.5) is 0 Å². The summed E-state index contributed by atoms with van der Waals surface area (Å²) in [6.45, 7) is 6.46. The first-order chi connectivity index (χ1) is 25.5. The molecule has 0 saturated carbocycles. The normalized spacial score (nSPS) is 12.4. The van der Waals surface area contributed by atoms with Crippen molar-refractivity contribution in [2.45, 2.75) is 213 Å². The SMILES string of the molecule is CCCC/C=C\C=C/CCCCCC(=O)OC(COC(=O)CCCCCCC/C=C\CCCC)COC(=O)CCCCCCC/C=C\CCCCC. The summed E-state index contributed by atoms with van der Waals surface area (Å²) in [5.41, 5.74) is 0. The largest absolute Gasteiger partial charge is 0.462 e. The molecule has 0 heterocycles. The molecular formula is C46H80O6. The van der Waals surface area contributed by atoms with Crippen molar-refractivity contribution in [1.29, 1.82) is 0 Å². The Morgan fingerprint density at radius 1 is 0.385 bits per heavy atom. The monoisotopic (exact) mass is 729 g/mol. The molecule has 0 radical (unpaired) electrons. The second-order valence-electron chi connectivity index (χ2n) is 14.3. The van der Waals surface area contributed by atoms with Crippen LogP contribution in [0.2, 0.25) is 0 Å². The number of hydrogen-bond donors (Lipinski definition) is 0. The van der Waals surface area contributed by atoms with E-state index < -0.39 is 6.10 Å². The molecule has 0 saturated heterocycles. The maximum absolute atomic E-state index is 12.7. The van der Waals surface area contributed by atoms with Gasteiger partial charge < -0.3 is 14.2 Å². The molecule has 0 aliphatic heterocycles. The van der Waals surface area contributed by atoms with Crippen molar-refractivity contribution in [2.75, 3.05) is 13.2 Å². The predicted molar refractivity (Wildman–Crippen MR) is 219 cm³/mol. The van der Waals surface area contributed by atoms with E-state index in [0.717, 1.165) is 83.5 Å².